The molecular weight excluding hydrogens is 191 g/mol. The maximum atomic E-state index is 12.6. The average Bonchev–Trinajstić information content (AvgIpc) is 2.14. The summed E-state index contributed by atoms with van der Waals surface area (Å²) in [5, 5.41) is 0. The molecule has 7 heteroatoms. The first-order valence-electron chi connectivity index (χ1n) is 3.56. The van der Waals surface area contributed by atoms with E-state index in [2.05, 4.69) is 4.98 Å². The quantitative estimate of drug-likeness (QED) is 0.532. The third-order valence-corrected chi connectivity index (χ3v) is 1.27. The lowest BCUT2D eigenvalue weighted by molar-refractivity contribution is 0.0936. The Labute approximate surface area is 78.3 Å². The van der Waals surface area contributed by atoms with Gasteiger partial charge in [0.25, 0.3) is 5.91 Å². The van der Waals surface area contributed by atoms with Crippen molar-refractivity contribution in [1.29, 1.82) is 0 Å². The van der Waals surface area contributed by atoms with Gasteiger partial charge < -0.3 is 5.73 Å². The zero-order valence-corrected chi connectivity index (χ0v) is 6.95. The first-order valence-corrected chi connectivity index (χ1v) is 3.56. The number of aromatic nitrogens is 1. The number of urea groups is 1. The van der Waals surface area contributed by atoms with Crippen LogP contribution in [0.25, 0.3) is 0 Å². The second-order valence-corrected chi connectivity index (χ2v) is 2.34. The maximum Gasteiger partial charge on any atom is 0.330 e. The van der Waals surface area contributed by atoms with Gasteiger partial charge in [-0.15, -0.1) is 0 Å². The number of primary amides is 1. The van der Waals surface area contributed by atoms with Gasteiger partial charge in [0.05, 0.1) is 11.8 Å². The average molecular weight is 198 g/mol. The summed E-state index contributed by atoms with van der Waals surface area (Å²) < 4.78 is 12.6. The molecule has 0 aliphatic heterocycles. The van der Waals surface area contributed by atoms with E-state index in [1.54, 1.807) is 0 Å². The fourth-order valence-corrected chi connectivity index (χ4v) is 0.727. The van der Waals surface area contributed by atoms with E-state index in [0.717, 1.165) is 18.5 Å². The van der Waals surface area contributed by atoms with Crippen LogP contribution in [0.15, 0.2) is 18.5 Å². The molecule has 0 aliphatic rings. The van der Waals surface area contributed by atoms with Crippen LogP contribution in [0.2, 0.25) is 0 Å². The molecule has 0 atom stereocenters. The lowest BCUT2D eigenvalue weighted by Crippen LogP contribution is -2.44. The van der Waals surface area contributed by atoms with Gasteiger partial charge in [0.1, 0.15) is 5.82 Å². The zero-order valence-electron chi connectivity index (χ0n) is 6.95. The molecule has 74 valence electrons. The molecule has 1 rings (SSSR count). The van der Waals surface area contributed by atoms with Gasteiger partial charge in [0.2, 0.25) is 0 Å². The molecule has 3 amide bonds. The number of hydrogen-bond donors (Lipinski definition) is 3. The molecule has 0 bridgehead atoms. The summed E-state index contributed by atoms with van der Waals surface area (Å²) in [4.78, 5) is 24.8. The highest BCUT2D eigenvalue weighted by Gasteiger charge is 2.06. The second-order valence-electron chi connectivity index (χ2n) is 2.34. The van der Waals surface area contributed by atoms with Gasteiger partial charge in [-0.1, -0.05) is 0 Å². The number of hydrazine groups is 1. The first-order chi connectivity index (χ1) is 6.59. The summed E-state index contributed by atoms with van der Waals surface area (Å²) >= 11 is 0. The van der Waals surface area contributed by atoms with Gasteiger partial charge in [-0.05, 0) is 6.07 Å². The van der Waals surface area contributed by atoms with Crippen LogP contribution in [0.1, 0.15) is 10.4 Å². The van der Waals surface area contributed by atoms with Gasteiger partial charge in [-0.25, -0.2) is 14.6 Å². The lowest BCUT2D eigenvalue weighted by Gasteiger charge is -2.03. The van der Waals surface area contributed by atoms with Crippen molar-refractivity contribution in [1.82, 2.24) is 15.8 Å². The minimum absolute atomic E-state index is 0.0150. The molecule has 4 N–H and O–H groups in total. The number of nitrogens with two attached hydrogens (primary N) is 1. The van der Waals surface area contributed by atoms with E-state index in [-0.39, 0.29) is 5.56 Å². The van der Waals surface area contributed by atoms with Crippen molar-refractivity contribution in [3.8, 4) is 0 Å². The van der Waals surface area contributed by atoms with Crippen LogP contribution in [0.4, 0.5) is 9.18 Å². The van der Waals surface area contributed by atoms with Crippen LogP contribution < -0.4 is 16.6 Å². The summed E-state index contributed by atoms with van der Waals surface area (Å²) in [6.07, 6.45) is 2.11. The number of nitrogens with one attached hydrogen (secondary N) is 2. The maximum absolute atomic E-state index is 12.6. The van der Waals surface area contributed by atoms with E-state index in [0.29, 0.717) is 0 Å². The molecule has 0 saturated heterocycles. The standard InChI is InChI=1S/C7H7FN4O2/c8-5-1-4(2-10-3-5)6(13)11-12-7(9)14/h1-3H,(H,11,13)(H3,9,12,14). The third-order valence-electron chi connectivity index (χ3n) is 1.27. The van der Waals surface area contributed by atoms with Crippen molar-refractivity contribution in [3.63, 3.8) is 0 Å². The highest BCUT2D eigenvalue weighted by atomic mass is 19.1. The number of nitrogens with zero attached hydrogens (tertiary/aromatic N) is 1. The number of halogens is 1. The minimum Gasteiger partial charge on any atom is -0.350 e. The van der Waals surface area contributed by atoms with Crippen molar-refractivity contribution in [2.24, 2.45) is 5.73 Å². The Bertz CT molecular complexity index is 368. The molecule has 0 radical (unpaired) electrons. The Morgan fingerprint density at radius 2 is 2.07 bits per heavy atom. The second kappa shape index (κ2) is 4.17. The van der Waals surface area contributed by atoms with Crippen molar-refractivity contribution < 1.29 is 14.0 Å². The Morgan fingerprint density at radius 3 is 2.64 bits per heavy atom. The van der Waals surface area contributed by atoms with Gasteiger partial charge in [-0.3, -0.25) is 15.2 Å². The number of pyridine rings is 1. The molecule has 6 nitrogen and oxygen atoms in total. The fourth-order valence-electron chi connectivity index (χ4n) is 0.727. The topological polar surface area (TPSA) is 97.1 Å². The SMILES string of the molecule is NC(=O)NNC(=O)c1cncc(F)c1. The first kappa shape index (κ1) is 9.90. The van der Waals surface area contributed by atoms with E-state index in [1.807, 2.05) is 10.9 Å². The van der Waals surface area contributed by atoms with E-state index < -0.39 is 17.8 Å². The monoisotopic (exact) mass is 198 g/mol. The number of carbonyl (C=O) groups excluding carboxylic acids is 2. The highest BCUT2D eigenvalue weighted by molar-refractivity contribution is 5.94. The number of hydrogen-bond acceptors (Lipinski definition) is 3. The molecule has 0 aromatic carbocycles. The van der Waals surface area contributed by atoms with E-state index in [1.165, 1.54) is 0 Å². The molecule has 0 aliphatic carbocycles. The Morgan fingerprint density at radius 1 is 1.36 bits per heavy atom. The summed E-state index contributed by atoms with van der Waals surface area (Å²) in [6.45, 7) is 0. The Balaban J connectivity index is 2.65. The van der Waals surface area contributed by atoms with Gasteiger partial charge >= 0.3 is 6.03 Å². The number of rotatable bonds is 1. The predicted octanol–water partition coefficient (Wildman–Crippen LogP) is -0.466. The Kier molecular flexibility index (Phi) is 2.95. The van der Waals surface area contributed by atoms with Crippen molar-refractivity contribution >= 4 is 11.9 Å². The van der Waals surface area contributed by atoms with Crippen molar-refractivity contribution in [2.45, 2.75) is 0 Å². The van der Waals surface area contributed by atoms with Crippen LogP contribution in [0, 0.1) is 5.82 Å². The molecule has 0 spiro atoms. The smallest absolute Gasteiger partial charge is 0.330 e. The third kappa shape index (κ3) is 2.70. The normalized spacial score (nSPS) is 9.21. The van der Waals surface area contributed by atoms with Gasteiger partial charge in [-0.2, -0.15) is 0 Å². The summed E-state index contributed by atoms with van der Waals surface area (Å²) in [7, 11) is 0. The molecule has 0 unspecified atom stereocenters. The molecule has 14 heavy (non-hydrogen) atoms. The zero-order chi connectivity index (χ0) is 10.6. The summed E-state index contributed by atoms with van der Waals surface area (Å²) in [5.41, 5.74) is 8.49. The summed E-state index contributed by atoms with van der Waals surface area (Å²) in [5.74, 6) is -1.34. The predicted molar refractivity (Wildman–Crippen MR) is 44.4 cm³/mol. The number of carbonyl (C=O) groups is 2. The van der Waals surface area contributed by atoms with Crippen LogP contribution in [-0.2, 0) is 0 Å². The molecule has 0 fully saturated rings. The van der Waals surface area contributed by atoms with E-state index >= 15 is 0 Å². The number of amides is 3. The van der Waals surface area contributed by atoms with Crippen LogP contribution in [-0.4, -0.2) is 16.9 Å². The van der Waals surface area contributed by atoms with Crippen molar-refractivity contribution in [3.05, 3.63) is 29.8 Å². The molecule has 1 aromatic heterocycles. The van der Waals surface area contributed by atoms with Crippen LogP contribution >= 0.6 is 0 Å². The van der Waals surface area contributed by atoms with E-state index in [9.17, 15) is 14.0 Å². The highest BCUT2D eigenvalue weighted by Crippen LogP contribution is 1.99. The molecule has 0 saturated carbocycles. The van der Waals surface area contributed by atoms with E-state index in [4.69, 9.17) is 5.73 Å². The summed E-state index contributed by atoms with van der Waals surface area (Å²) in [6, 6.07) is 0.0630. The molecule has 1 aromatic rings. The van der Waals surface area contributed by atoms with Crippen LogP contribution in [0.5, 0.6) is 0 Å². The largest absolute Gasteiger partial charge is 0.350 e. The molecule has 1 heterocycles. The lowest BCUT2D eigenvalue weighted by atomic mass is 10.3. The van der Waals surface area contributed by atoms with Crippen molar-refractivity contribution in [2.75, 3.05) is 0 Å². The molecular formula is C7H7FN4O2. The van der Waals surface area contributed by atoms with Gasteiger partial charge in [0, 0.05) is 6.20 Å². The Hall–Kier alpha value is -2.18. The van der Waals surface area contributed by atoms with Gasteiger partial charge in [0.15, 0.2) is 0 Å². The minimum atomic E-state index is -0.914. The fraction of sp³-hybridized carbons (Fsp3) is 0. The van der Waals surface area contributed by atoms with Crippen LogP contribution in [0.3, 0.4) is 0 Å².